The smallest absolute Gasteiger partial charge is 0.265 e. The number of carbonyl (C=O) groups is 1. The predicted molar refractivity (Wildman–Crippen MR) is 80.1 cm³/mol. The van der Waals surface area contributed by atoms with Crippen LogP contribution in [-0.4, -0.2) is 35.1 Å². The maximum Gasteiger partial charge on any atom is 0.265 e. The number of halogens is 2. The van der Waals surface area contributed by atoms with Gasteiger partial charge >= 0.3 is 0 Å². The molecule has 0 aliphatic heterocycles. The molecule has 0 aliphatic rings. The summed E-state index contributed by atoms with van der Waals surface area (Å²) in [4.78, 5) is 14.4. The minimum absolute atomic E-state index is 0.0485. The Morgan fingerprint density at radius 1 is 1.50 bits per heavy atom. The van der Waals surface area contributed by atoms with Gasteiger partial charge in [0.2, 0.25) is 0 Å². The first kappa shape index (κ1) is 15.2. The van der Waals surface area contributed by atoms with Gasteiger partial charge in [-0.15, -0.1) is 11.3 Å². The second-order valence-corrected chi connectivity index (χ2v) is 6.13. The average Bonchev–Trinajstić information content (AvgIpc) is 2.71. The van der Waals surface area contributed by atoms with Gasteiger partial charge in [0, 0.05) is 22.7 Å². The van der Waals surface area contributed by atoms with Gasteiger partial charge in [-0.2, -0.15) is 0 Å². The number of aliphatic hydroxyl groups excluding tert-OH is 1. The van der Waals surface area contributed by atoms with Crippen LogP contribution in [0.25, 0.3) is 10.1 Å². The Labute approximate surface area is 125 Å². The number of thiophene rings is 1. The topological polar surface area (TPSA) is 40.5 Å². The summed E-state index contributed by atoms with van der Waals surface area (Å²) in [5.74, 6) is -0.592. The van der Waals surface area contributed by atoms with Gasteiger partial charge in [0.15, 0.2) is 0 Å². The summed E-state index contributed by atoms with van der Waals surface area (Å²) in [5, 5.41) is 10.1. The van der Waals surface area contributed by atoms with E-state index in [1.165, 1.54) is 23.5 Å². The van der Waals surface area contributed by atoms with E-state index in [1.54, 1.807) is 11.0 Å². The van der Waals surface area contributed by atoms with E-state index in [4.69, 9.17) is 16.7 Å². The van der Waals surface area contributed by atoms with Crippen molar-refractivity contribution in [3.05, 3.63) is 33.9 Å². The van der Waals surface area contributed by atoms with Gasteiger partial charge in [-0.1, -0.05) is 11.6 Å². The molecule has 2 aromatic rings. The first-order valence-electron chi connectivity index (χ1n) is 6.25. The van der Waals surface area contributed by atoms with Gasteiger partial charge in [0.1, 0.15) is 10.7 Å². The molecule has 0 bridgehead atoms. The van der Waals surface area contributed by atoms with Crippen molar-refractivity contribution in [1.29, 1.82) is 0 Å². The monoisotopic (exact) mass is 315 g/mol. The van der Waals surface area contributed by atoms with Crippen LogP contribution < -0.4 is 0 Å². The van der Waals surface area contributed by atoms with Crippen LogP contribution in [0.4, 0.5) is 4.39 Å². The molecule has 1 N–H and O–H groups in total. The summed E-state index contributed by atoms with van der Waals surface area (Å²) in [6.07, 6.45) is 0. The number of aliphatic hydroxyl groups is 1. The number of rotatable bonds is 4. The molecule has 1 heterocycles. The lowest BCUT2D eigenvalue weighted by Gasteiger charge is -2.25. The molecule has 0 fully saturated rings. The second kappa shape index (κ2) is 6.08. The number of carbonyl (C=O) groups excluding carboxylic acids is 1. The van der Waals surface area contributed by atoms with Gasteiger partial charge in [-0.3, -0.25) is 4.79 Å². The van der Waals surface area contributed by atoms with Crippen LogP contribution in [0, 0.1) is 5.82 Å². The van der Waals surface area contributed by atoms with E-state index in [9.17, 15) is 9.18 Å². The maximum absolute atomic E-state index is 13.2. The fourth-order valence-corrected chi connectivity index (χ4v) is 3.50. The van der Waals surface area contributed by atoms with E-state index in [-0.39, 0.29) is 30.9 Å². The van der Waals surface area contributed by atoms with Crippen molar-refractivity contribution in [2.24, 2.45) is 0 Å². The molecule has 2 rings (SSSR count). The highest BCUT2D eigenvalue weighted by Crippen LogP contribution is 2.36. The van der Waals surface area contributed by atoms with E-state index in [0.29, 0.717) is 20.0 Å². The number of hydrogen-bond donors (Lipinski definition) is 1. The molecule has 0 unspecified atom stereocenters. The zero-order chi connectivity index (χ0) is 14.9. The van der Waals surface area contributed by atoms with E-state index in [1.807, 2.05) is 13.8 Å². The Balaban J connectivity index is 2.46. The summed E-state index contributed by atoms with van der Waals surface area (Å²) in [7, 11) is 0. The van der Waals surface area contributed by atoms with E-state index >= 15 is 0 Å². The molecular weight excluding hydrogens is 301 g/mol. The quantitative estimate of drug-likeness (QED) is 0.937. The summed E-state index contributed by atoms with van der Waals surface area (Å²) in [6.45, 7) is 3.87. The fourth-order valence-electron chi connectivity index (χ4n) is 2.01. The second-order valence-electron chi connectivity index (χ2n) is 4.70. The molecule has 1 aromatic carbocycles. The molecular formula is C14H15ClFNO2S. The van der Waals surface area contributed by atoms with Gasteiger partial charge in [0.05, 0.1) is 11.6 Å². The SMILES string of the molecule is CC(C)N(CCO)C(=O)c1sc2cc(F)ccc2c1Cl. The number of nitrogens with zero attached hydrogens (tertiary/aromatic N) is 1. The lowest BCUT2D eigenvalue weighted by molar-refractivity contribution is 0.0670. The first-order valence-corrected chi connectivity index (χ1v) is 7.44. The third-order valence-electron chi connectivity index (χ3n) is 3.01. The highest BCUT2D eigenvalue weighted by Gasteiger charge is 2.24. The van der Waals surface area contributed by atoms with Crippen LogP contribution in [0.2, 0.25) is 5.02 Å². The molecule has 108 valence electrons. The van der Waals surface area contributed by atoms with Crippen molar-refractivity contribution in [2.75, 3.05) is 13.2 Å². The largest absolute Gasteiger partial charge is 0.395 e. The molecule has 3 nitrogen and oxygen atoms in total. The summed E-state index contributed by atoms with van der Waals surface area (Å²) in [6, 6.07) is 4.22. The summed E-state index contributed by atoms with van der Waals surface area (Å²) >= 11 is 7.40. The Bertz CT molecular complexity index is 641. The zero-order valence-corrected chi connectivity index (χ0v) is 12.8. The molecule has 1 aromatic heterocycles. The molecule has 0 spiro atoms. The molecule has 0 saturated heterocycles. The lowest BCUT2D eigenvalue weighted by atomic mass is 10.2. The zero-order valence-electron chi connectivity index (χ0n) is 11.2. The van der Waals surface area contributed by atoms with Crippen molar-refractivity contribution in [1.82, 2.24) is 4.90 Å². The third-order valence-corrected chi connectivity index (χ3v) is 4.66. The van der Waals surface area contributed by atoms with Crippen LogP contribution in [-0.2, 0) is 0 Å². The Hall–Kier alpha value is -1.17. The van der Waals surface area contributed by atoms with Gasteiger partial charge in [-0.05, 0) is 32.0 Å². The maximum atomic E-state index is 13.2. The van der Waals surface area contributed by atoms with Gasteiger partial charge < -0.3 is 10.0 Å². The third kappa shape index (κ3) is 2.80. The van der Waals surface area contributed by atoms with Crippen LogP contribution in [0.5, 0.6) is 0 Å². The number of amides is 1. The number of hydrogen-bond acceptors (Lipinski definition) is 3. The van der Waals surface area contributed by atoms with Crippen LogP contribution in [0.3, 0.4) is 0 Å². The lowest BCUT2D eigenvalue weighted by Crippen LogP contribution is -2.38. The van der Waals surface area contributed by atoms with Crippen molar-refractivity contribution in [3.63, 3.8) is 0 Å². The first-order chi connectivity index (χ1) is 9.45. The van der Waals surface area contributed by atoms with Crippen LogP contribution in [0.15, 0.2) is 18.2 Å². The highest BCUT2D eigenvalue weighted by atomic mass is 35.5. The van der Waals surface area contributed by atoms with Gasteiger partial charge in [0.25, 0.3) is 5.91 Å². The van der Waals surface area contributed by atoms with Crippen LogP contribution >= 0.6 is 22.9 Å². The Kier molecular flexibility index (Phi) is 4.62. The molecule has 0 atom stereocenters. The molecule has 0 saturated carbocycles. The number of benzene rings is 1. The summed E-state index contributed by atoms with van der Waals surface area (Å²) < 4.78 is 13.9. The standard InChI is InChI=1S/C14H15ClFNO2S/c1-8(2)17(5-6-18)14(19)13-12(15)10-4-3-9(16)7-11(10)20-13/h3-4,7-8,18H,5-6H2,1-2H3. The molecule has 0 aliphatic carbocycles. The minimum Gasteiger partial charge on any atom is -0.395 e. The molecule has 20 heavy (non-hydrogen) atoms. The van der Waals surface area contributed by atoms with E-state index < -0.39 is 0 Å². The molecule has 6 heteroatoms. The Morgan fingerprint density at radius 3 is 2.80 bits per heavy atom. The van der Waals surface area contributed by atoms with Crippen molar-refractivity contribution < 1.29 is 14.3 Å². The molecule has 0 radical (unpaired) electrons. The van der Waals surface area contributed by atoms with Crippen molar-refractivity contribution in [3.8, 4) is 0 Å². The van der Waals surface area contributed by atoms with E-state index in [2.05, 4.69) is 0 Å². The van der Waals surface area contributed by atoms with Crippen molar-refractivity contribution in [2.45, 2.75) is 19.9 Å². The normalized spacial score (nSPS) is 11.3. The predicted octanol–water partition coefficient (Wildman–Crippen LogP) is 3.54. The summed E-state index contributed by atoms with van der Waals surface area (Å²) in [5.41, 5.74) is 0. The Morgan fingerprint density at radius 2 is 2.20 bits per heavy atom. The number of fused-ring (bicyclic) bond motifs is 1. The van der Waals surface area contributed by atoms with E-state index in [0.717, 1.165) is 0 Å². The molecule has 1 amide bonds. The van der Waals surface area contributed by atoms with Crippen molar-refractivity contribution >= 4 is 38.9 Å². The van der Waals surface area contributed by atoms with Gasteiger partial charge in [-0.25, -0.2) is 4.39 Å². The minimum atomic E-state index is -0.356. The highest BCUT2D eigenvalue weighted by molar-refractivity contribution is 7.21. The fraction of sp³-hybridized carbons (Fsp3) is 0.357. The van der Waals surface area contributed by atoms with Crippen LogP contribution in [0.1, 0.15) is 23.5 Å². The average molecular weight is 316 g/mol.